The van der Waals surface area contributed by atoms with Crippen LogP contribution in [0.15, 0.2) is 24.3 Å². The molecule has 108 valence electrons. The summed E-state index contributed by atoms with van der Waals surface area (Å²) < 4.78 is 0. The van der Waals surface area contributed by atoms with Gasteiger partial charge >= 0.3 is 0 Å². The number of benzene rings is 1. The molecule has 0 amide bonds. The van der Waals surface area contributed by atoms with Crippen molar-refractivity contribution in [2.45, 2.75) is 50.0 Å². The molecule has 1 aromatic rings. The summed E-state index contributed by atoms with van der Waals surface area (Å²) in [6.07, 6.45) is 8.17. The monoisotopic (exact) mass is 270 g/mol. The number of nitrogens with zero attached hydrogens (tertiary/aromatic N) is 1. The summed E-state index contributed by atoms with van der Waals surface area (Å²) >= 11 is 0. The second kappa shape index (κ2) is 5.16. The molecule has 0 unspecified atom stereocenters. The van der Waals surface area contributed by atoms with E-state index in [1.165, 1.54) is 64.7 Å². The van der Waals surface area contributed by atoms with Crippen LogP contribution in [0.3, 0.4) is 0 Å². The predicted octanol–water partition coefficient (Wildman–Crippen LogP) is 2.72. The Bertz CT molecular complexity index is 468. The van der Waals surface area contributed by atoms with Gasteiger partial charge in [-0.05, 0) is 81.2 Å². The molecule has 0 atom stereocenters. The van der Waals surface area contributed by atoms with Crippen LogP contribution in [0, 0.1) is 0 Å². The third-order valence-corrected chi connectivity index (χ3v) is 6.04. The third-order valence-electron chi connectivity index (χ3n) is 6.04. The molecule has 0 saturated carbocycles. The molecule has 1 spiro atoms. The lowest BCUT2D eigenvalue weighted by atomic mass is 9.73. The standard InChI is InChI=1S/C18H26N2/c1-2-4-17-15(3-1)5-8-18(17)9-13-20(14-10-18)16-6-11-19-12-7-16/h1-4,16,19H,5-14H2. The Labute approximate surface area is 122 Å². The SMILES string of the molecule is c1ccc2c(c1)CCC21CCN(C2CCNCC2)CC1. The van der Waals surface area contributed by atoms with Crippen LogP contribution in [0.4, 0.5) is 0 Å². The highest BCUT2D eigenvalue weighted by molar-refractivity contribution is 5.39. The van der Waals surface area contributed by atoms with E-state index in [1.54, 1.807) is 11.1 Å². The van der Waals surface area contributed by atoms with Crippen LogP contribution in [0.2, 0.25) is 0 Å². The zero-order chi connectivity index (χ0) is 13.4. The normalized spacial score (nSPS) is 26.8. The van der Waals surface area contributed by atoms with Crippen LogP contribution in [0.5, 0.6) is 0 Å². The Morgan fingerprint density at radius 2 is 1.75 bits per heavy atom. The molecular weight excluding hydrogens is 244 g/mol. The fourth-order valence-corrected chi connectivity index (χ4v) is 4.77. The molecule has 0 aromatic heterocycles. The number of rotatable bonds is 1. The first-order valence-corrected chi connectivity index (χ1v) is 8.41. The van der Waals surface area contributed by atoms with E-state index in [-0.39, 0.29) is 0 Å². The summed E-state index contributed by atoms with van der Waals surface area (Å²) in [5, 5.41) is 3.49. The van der Waals surface area contributed by atoms with Crippen molar-refractivity contribution in [2.24, 2.45) is 0 Å². The fraction of sp³-hybridized carbons (Fsp3) is 0.667. The highest BCUT2D eigenvalue weighted by atomic mass is 15.2. The van der Waals surface area contributed by atoms with Gasteiger partial charge in [0.1, 0.15) is 0 Å². The number of fused-ring (bicyclic) bond motifs is 2. The Balaban J connectivity index is 1.47. The first-order chi connectivity index (χ1) is 9.87. The Morgan fingerprint density at radius 3 is 2.55 bits per heavy atom. The summed E-state index contributed by atoms with van der Waals surface area (Å²) in [4.78, 5) is 2.78. The maximum atomic E-state index is 3.49. The smallest absolute Gasteiger partial charge is 0.0119 e. The average molecular weight is 270 g/mol. The van der Waals surface area contributed by atoms with Crippen LogP contribution >= 0.6 is 0 Å². The minimum absolute atomic E-state index is 0.528. The lowest BCUT2D eigenvalue weighted by molar-refractivity contribution is 0.0962. The lowest BCUT2D eigenvalue weighted by Crippen LogP contribution is -2.49. The predicted molar refractivity (Wildman–Crippen MR) is 83.1 cm³/mol. The van der Waals surface area contributed by atoms with Gasteiger partial charge in [0.15, 0.2) is 0 Å². The quantitative estimate of drug-likeness (QED) is 0.844. The number of hydrogen-bond donors (Lipinski definition) is 1. The molecule has 4 rings (SSSR count). The molecule has 2 aliphatic heterocycles. The number of hydrogen-bond acceptors (Lipinski definition) is 2. The zero-order valence-electron chi connectivity index (χ0n) is 12.4. The van der Waals surface area contributed by atoms with Gasteiger partial charge in [0.05, 0.1) is 0 Å². The first kappa shape index (κ1) is 12.8. The molecule has 2 heteroatoms. The summed E-state index contributed by atoms with van der Waals surface area (Å²) in [6.45, 7) is 5.07. The minimum atomic E-state index is 0.528. The van der Waals surface area contributed by atoms with Crippen molar-refractivity contribution in [2.75, 3.05) is 26.2 Å². The van der Waals surface area contributed by atoms with Gasteiger partial charge < -0.3 is 10.2 Å². The van der Waals surface area contributed by atoms with Crippen molar-refractivity contribution in [1.82, 2.24) is 10.2 Å². The number of aryl methyl sites for hydroxylation is 1. The molecule has 1 N–H and O–H groups in total. The summed E-state index contributed by atoms with van der Waals surface area (Å²) in [6, 6.07) is 10.1. The minimum Gasteiger partial charge on any atom is -0.317 e. The van der Waals surface area contributed by atoms with Crippen LogP contribution in [-0.2, 0) is 11.8 Å². The molecule has 3 aliphatic rings. The largest absolute Gasteiger partial charge is 0.317 e. The van der Waals surface area contributed by atoms with Crippen molar-refractivity contribution >= 4 is 0 Å². The molecule has 0 bridgehead atoms. The van der Waals surface area contributed by atoms with E-state index in [0.717, 1.165) is 6.04 Å². The molecule has 1 aromatic carbocycles. The number of piperidine rings is 2. The van der Waals surface area contributed by atoms with Crippen molar-refractivity contribution in [3.05, 3.63) is 35.4 Å². The molecular formula is C18H26N2. The molecule has 2 fully saturated rings. The zero-order valence-corrected chi connectivity index (χ0v) is 12.4. The highest BCUT2D eigenvalue weighted by Gasteiger charge is 2.41. The fourth-order valence-electron chi connectivity index (χ4n) is 4.77. The second-order valence-corrected chi connectivity index (χ2v) is 6.95. The molecule has 1 aliphatic carbocycles. The summed E-state index contributed by atoms with van der Waals surface area (Å²) in [7, 11) is 0. The van der Waals surface area contributed by atoms with E-state index in [9.17, 15) is 0 Å². The van der Waals surface area contributed by atoms with Gasteiger partial charge in [0, 0.05) is 6.04 Å². The van der Waals surface area contributed by atoms with Crippen LogP contribution in [0.25, 0.3) is 0 Å². The first-order valence-electron chi connectivity index (χ1n) is 8.41. The van der Waals surface area contributed by atoms with E-state index in [0.29, 0.717) is 5.41 Å². The topological polar surface area (TPSA) is 15.3 Å². The van der Waals surface area contributed by atoms with Gasteiger partial charge in [-0.15, -0.1) is 0 Å². The van der Waals surface area contributed by atoms with Gasteiger partial charge in [0.2, 0.25) is 0 Å². The van der Waals surface area contributed by atoms with Crippen molar-refractivity contribution in [1.29, 1.82) is 0 Å². The number of likely N-dealkylation sites (tertiary alicyclic amines) is 1. The summed E-state index contributed by atoms with van der Waals surface area (Å²) in [5.41, 5.74) is 3.84. The van der Waals surface area contributed by atoms with E-state index >= 15 is 0 Å². The Morgan fingerprint density at radius 1 is 1.00 bits per heavy atom. The molecule has 2 heterocycles. The summed E-state index contributed by atoms with van der Waals surface area (Å²) in [5.74, 6) is 0. The second-order valence-electron chi connectivity index (χ2n) is 6.95. The van der Waals surface area contributed by atoms with Gasteiger partial charge in [-0.3, -0.25) is 0 Å². The van der Waals surface area contributed by atoms with E-state index < -0.39 is 0 Å². The highest BCUT2D eigenvalue weighted by Crippen LogP contribution is 2.46. The third kappa shape index (κ3) is 2.10. The van der Waals surface area contributed by atoms with Crippen LogP contribution in [0.1, 0.15) is 43.2 Å². The molecule has 2 saturated heterocycles. The lowest BCUT2D eigenvalue weighted by Gasteiger charge is -2.44. The van der Waals surface area contributed by atoms with Gasteiger partial charge in [-0.1, -0.05) is 24.3 Å². The molecule has 2 nitrogen and oxygen atoms in total. The van der Waals surface area contributed by atoms with Gasteiger partial charge in [0.25, 0.3) is 0 Å². The van der Waals surface area contributed by atoms with Gasteiger partial charge in [-0.2, -0.15) is 0 Å². The van der Waals surface area contributed by atoms with Crippen molar-refractivity contribution in [3.63, 3.8) is 0 Å². The van der Waals surface area contributed by atoms with E-state index in [4.69, 9.17) is 0 Å². The van der Waals surface area contributed by atoms with Crippen LogP contribution < -0.4 is 5.32 Å². The average Bonchev–Trinajstić information content (AvgIpc) is 2.88. The van der Waals surface area contributed by atoms with Gasteiger partial charge in [-0.25, -0.2) is 0 Å². The molecule has 20 heavy (non-hydrogen) atoms. The Kier molecular flexibility index (Phi) is 3.31. The maximum absolute atomic E-state index is 3.49. The van der Waals surface area contributed by atoms with Crippen LogP contribution in [-0.4, -0.2) is 37.1 Å². The van der Waals surface area contributed by atoms with E-state index in [1.807, 2.05) is 0 Å². The maximum Gasteiger partial charge on any atom is 0.0119 e. The number of nitrogens with one attached hydrogen (secondary N) is 1. The van der Waals surface area contributed by atoms with E-state index in [2.05, 4.69) is 34.5 Å². The molecule has 0 radical (unpaired) electrons. The Hall–Kier alpha value is -0.860. The van der Waals surface area contributed by atoms with Crippen molar-refractivity contribution in [3.8, 4) is 0 Å². The van der Waals surface area contributed by atoms with Crippen molar-refractivity contribution < 1.29 is 0 Å².